The van der Waals surface area contributed by atoms with Crippen molar-refractivity contribution in [1.82, 2.24) is 10.1 Å². The van der Waals surface area contributed by atoms with E-state index < -0.39 is 0 Å². The van der Waals surface area contributed by atoms with Gasteiger partial charge in [-0.3, -0.25) is 0 Å². The first-order valence-corrected chi connectivity index (χ1v) is 9.71. The van der Waals surface area contributed by atoms with Crippen LogP contribution in [0.5, 0.6) is 0 Å². The molecule has 0 amide bonds. The van der Waals surface area contributed by atoms with Crippen LogP contribution in [-0.4, -0.2) is 32.9 Å². The second-order valence-corrected chi connectivity index (χ2v) is 8.25. The van der Waals surface area contributed by atoms with Gasteiger partial charge in [-0.05, 0) is 19.3 Å². The van der Waals surface area contributed by atoms with Crippen LogP contribution >= 0.6 is 23.5 Å². The lowest BCUT2D eigenvalue weighted by atomic mass is 9.85. The molecule has 1 saturated carbocycles. The number of thioether (sulfide) groups is 2. The Morgan fingerprint density at radius 1 is 1.25 bits per heavy atom. The summed E-state index contributed by atoms with van der Waals surface area (Å²) in [6.45, 7) is 2.24. The smallest absolute Gasteiger partial charge is 0.231 e. The molecule has 1 saturated heterocycles. The minimum absolute atomic E-state index is 0.187. The van der Waals surface area contributed by atoms with Crippen LogP contribution < -0.4 is 5.73 Å². The molecule has 0 aromatic carbocycles. The van der Waals surface area contributed by atoms with Crippen LogP contribution in [0.4, 0.5) is 0 Å². The normalized spacial score (nSPS) is 35.1. The first-order valence-electron chi connectivity index (χ1n) is 7.62. The molecule has 2 aliphatic rings. The van der Waals surface area contributed by atoms with Crippen LogP contribution in [0.3, 0.4) is 0 Å². The summed E-state index contributed by atoms with van der Waals surface area (Å²) in [5.74, 6) is 4.35. The maximum absolute atomic E-state index is 6.22. The van der Waals surface area contributed by atoms with E-state index in [4.69, 9.17) is 15.2 Å². The number of aromatic nitrogens is 2. The van der Waals surface area contributed by atoms with Crippen molar-refractivity contribution in [2.45, 2.75) is 61.5 Å². The van der Waals surface area contributed by atoms with Crippen molar-refractivity contribution >= 4 is 23.5 Å². The van der Waals surface area contributed by atoms with E-state index in [-0.39, 0.29) is 12.0 Å². The molecule has 3 rings (SSSR count). The Labute approximate surface area is 129 Å². The maximum Gasteiger partial charge on any atom is 0.231 e. The van der Waals surface area contributed by atoms with Gasteiger partial charge in [-0.25, -0.2) is 0 Å². The second-order valence-electron chi connectivity index (χ2n) is 5.65. The molecule has 0 bridgehead atoms. The number of nitrogens with two attached hydrogens (primary N) is 1. The highest BCUT2D eigenvalue weighted by Crippen LogP contribution is 2.43. The molecule has 4 nitrogen and oxygen atoms in total. The Bertz CT molecular complexity index is 440. The van der Waals surface area contributed by atoms with Crippen molar-refractivity contribution < 1.29 is 4.52 Å². The monoisotopic (exact) mass is 313 g/mol. The Morgan fingerprint density at radius 2 is 2.05 bits per heavy atom. The van der Waals surface area contributed by atoms with Crippen LogP contribution in [0.15, 0.2) is 4.52 Å². The summed E-state index contributed by atoms with van der Waals surface area (Å²) in [4.78, 5) is 4.71. The Kier molecular flexibility index (Phi) is 4.94. The zero-order valence-electron chi connectivity index (χ0n) is 12.0. The average molecular weight is 313 g/mol. The SMILES string of the molecule is CCC1SCCSC1c1noc(C2CCCCC2N)n1. The zero-order chi connectivity index (χ0) is 13.9. The fraction of sp³-hybridized carbons (Fsp3) is 0.857. The molecule has 112 valence electrons. The molecule has 20 heavy (non-hydrogen) atoms. The van der Waals surface area contributed by atoms with Crippen molar-refractivity contribution in [3.05, 3.63) is 11.7 Å². The molecular formula is C14H23N3OS2. The number of hydrogen-bond acceptors (Lipinski definition) is 6. The quantitative estimate of drug-likeness (QED) is 0.923. The molecule has 2 N–H and O–H groups in total. The highest BCUT2D eigenvalue weighted by molar-refractivity contribution is 8.06. The molecule has 4 unspecified atom stereocenters. The van der Waals surface area contributed by atoms with Gasteiger partial charge in [0.2, 0.25) is 5.89 Å². The van der Waals surface area contributed by atoms with Gasteiger partial charge in [-0.15, -0.1) is 11.8 Å². The van der Waals surface area contributed by atoms with E-state index >= 15 is 0 Å². The first-order chi connectivity index (χ1) is 9.79. The van der Waals surface area contributed by atoms with Crippen molar-refractivity contribution in [2.24, 2.45) is 5.73 Å². The lowest BCUT2D eigenvalue weighted by molar-refractivity contribution is 0.289. The lowest BCUT2D eigenvalue weighted by Gasteiger charge is -2.27. The van der Waals surface area contributed by atoms with E-state index in [0.29, 0.717) is 10.5 Å². The van der Waals surface area contributed by atoms with Gasteiger partial charge in [0.15, 0.2) is 5.82 Å². The summed E-state index contributed by atoms with van der Waals surface area (Å²) >= 11 is 4.02. The van der Waals surface area contributed by atoms with Crippen molar-refractivity contribution in [2.75, 3.05) is 11.5 Å². The molecule has 0 radical (unpaired) electrons. The maximum atomic E-state index is 6.22. The summed E-state index contributed by atoms with van der Waals surface area (Å²) < 4.78 is 5.56. The number of hydrogen-bond donors (Lipinski definition) is 1. The van der Waals surface area contributed by atoms with Gasteiger partial charge >= 0.3 is 0 Å². The van der Waals surface area contributed by atoms with Gasteiger partial charge in [-0.2, -0.15) is 16.7 Å². The summed E-state index contributed by atoms with van der Waals surface area (Å²) in [5, 5.41) is 5.27. The van der Waals surface area contributed by atoms with Crippen LogP contribution in [0.2, 0.25) is 0 Å². The molecule has 6 heteroatoms. The molecule has 1 aromatic heterocycles. The third kappa shape index (κ3) is 3.02. The van der Waals surface area contributed by atoms with Gasteiger partial charge in [0.05, 0.1) is 11.2 Å². The van der Waals surface area contributed by atoms with Crippen LogP contribution in [0.25, 0.3) is 0 Å². The highest BCUT2D eigenvalue weighted by Gasteiger charge is 2.33. The number of rotatable bonds is 3. The third-order valence-corrected chi connectivity index (χ3v) is 7.54. The zero-order valence-corrected chi connectivity index (χ0v) is 13.6. The molecular weight excluding hydrogens is 290 g/mol. The van der Waals surface area contributed by atoms with Crippen LogP contribution in [0, 0.1) is 0 Å². The van der Waals surface area contributed by atoms with Gasteiger partial charge < -0.3 is 10.3 Å². The molecule has 2 heterocycles. The van der Waals surface area contributed by atoms with E-state index in [1.807, 2.05) is 23.5 Å². The molecule has 1 aliphatic carbocycles. The average Bonchev–Trinajstić information content (AvgIpc) is 2.97. The van der Waals surface area contributed by atoms with Crippen LogP contribution in [0.1, 0.15) is 61.9 Å². The van der Waals surface area contributed by atoms with Gasteiger partial charge in [0, 0.05) is 22.8 Å². The minimum atomic E-state index is 0.187. The predicted octanol–water partition coefficient (Wildman–Crippen LogP) is 3.35. The third-order valence-electron chi connectivity index (χ3n) is 4.30. The molecule has 1 aromatic rings. The Hall–Kier alpha value is -0.200. The summed E-state index contributed by atoms with van der Waals surface area (Å²) in [6, 6.07) is 0.187. The van der Waals surface area contributed by atoms with E-state index in [1.54, 1.807) is 0 Å². The molecule has 0 spiro atoms. The van der Waals surface area contributed by atoms with E-state index in [2.05, 4.69) is 12.1 Å². The molecule has 1 aliphatic heterocycles. The van der Waals surface area contributed by atoms with E-state index in [0.717, 1.165) is 31.0 Å². The van der Waals surface area contributed by atoms with Crippen molar-refractivity contribution in [3.63, 3.8) is 0 Å². The summed E-state index contributed by atoms with van der Waals surface area (Å²) in [7, 11) is 0. The fourth-order valence-electron chi connectivity index (χ4n) is 3.12. The Morgan fingerprint density at radius 3 is 2.85 bits per heavy atom. The number of nitrogens with zero attached hydrogens (tertiary/aromatic N) is 2. The van der Waals surface area contributed by atoms with E-state index in [1.165, 1.54) is 24.3 Å². The van der Waals surface area contributed by atoms with Gasteiger partial charge in [0.25, 0.3) is 0 Å². The van der Waals surface area contributed by atoms with Crippen molar-refractivity contribution in [3.8, 4) is 0 Å². The standard InChI is InChI=1S/C14H23N3OS2/c1-2-11-12(20-8-7-19-11)13-16-14(18-17-13)9-5-3-4-6-10(9)15/h9-12H,2-8,15H2,1H3. The van der Waals surface area contributed by atoms with Gasteiger partial charge in [0.1, 0.15) is 0 Å². The Balaban J connectivity index is 1.75. The second kappa shape index (κ2) is 6.71. The van der Waals surface area contributed by atoms with E-state index in [9.17, 15) is 0 Å². The minimum Gasteiger partial charge on any atom is -0.339 e. The first kappa shape index (κ1) is 14.7. The van der Waals surface area contributed by atoms with Crippen LogP contribution in [-0.2, 0) is 0 Å². The van der Waals surface area contributed by atoms with Gasteiger partial charge in [-0.1, -0.05) is 24.9 Å². The lowest BCUT2D eigenvalue weighted by Crippen LogP contribution is -2.31. The largest absolute Gasteiger partial charge is 0.339 e. The summed E-state index contributed by atoms with van der Waals surface area (Å²) in [5.41, 5.74) is 6.22. The topological polar surface area (TPSA) is 64.9 Å². The fourth-order valence-corrected chi connectivity index (χ4v) is 6.10. The predicted molar refractivity (Wildman–Crippen MR) is 85.2 cm³/mol. The molecule has 2 fully saturated rings. The van der Waals surface area contributed by atoms with Crippen molar-refractivity contribution in [1.29, 1.82) is 0 Å². The summed E-state index contributed by atoms with van der Waals surface area (Å²) in [6.07, 6.45) is 5.78. The molecule has 4 atom stereocenters. The highest BCUT2D eigenvalue weighted by atomic mass is 32.2.